The van der Waals surface area contributed by atoms with Gasteiger partial charge in [0.05, 0.1) is 5.41 Å². The largest absolute Gasteiger partial charge is 0.310 e. The Morgan fingerprint density at radius 2 is 0.713 bits per heavy atom. The number of nitrogens with zero attached hydrogens (tertiary/aromatic N) is 1. The predicted molar refractivity (Wildman–Crippen MR) is 336 cm³/mol. The van der Waals surface area contributed by atoms with Gasteiger partial charge >= 0.3 is 0 Å². The molecule has 0 unspecified atom stereocenters. The minimum Gasteiger partial charge on any atom is -0.310 e. The number of hydrogen-bond donors (Lipinski definition) is 0. The SMILES string of the molecule is CC1(C)c2ccccc2-c2ccc(N(c3cccc(-c4ccc(-c5ccc6c(c5)C5(c7ccccc7-6)c6ccc7ccccc7c6Cc6c5ccc5ccccc65)cc4)c3)c3cc(-c4ccccc4)cc(-c4ccccc4)c3)cc21. The highest BCUT2D eigenvalue weighted by Gasteiger charge is 2.50. The highest BCUT2D eigenvalue weighted by Crippen LogP contribution is 2.61. The summed E-state index contributed by atoms with van der Waals surface area (Å²) in [5.74, 6) is 0. The van der Waals surface area contributed by atoms with Crippen molar-refractivity contribution in [2.24, 2.45) is 0 Å². The first-order valence-corrected chi connectivity index (χ1v) is 28.2. The van der Waals surface area contributed by atoms with Crippen LogP contribution >= 0.6 is 0 Å². The fourth-order valence-corrected chi connectivity index (χ4v) is 14.4. The van der Waals surface area contributed by atoms with Gasteiger partial charge in [0.1, 0.15) is 0 Å². The molecule has 1 nitrogen and oxygen atoms in total. The van der Waals surface area contributed by atoms with E-state index >= 15 is 0 Å². The highest BCUT2D eigenvalue weighted by atomic mass is 15.1. The van der Waals surface area contributed by atoms with Gasteiger partial charge in [-0.3, -0.25) is 0 Å². The third-order valence-electron chi connectivity index (χ3n) is 18.2. The molecular formula is C79H55N. The second kappa shape index (κ2) is 17.9. The zero-order valence-electron chi connectivity index (χ0n) is 44.8. The van der Waals surface area contributed by atoms with E-state index in [1.54, 1.807) is 0 Å². The van der Waals surface area contributed by atoms with E-state index in [2.05, 4.69) is 304 Å². The average Bonchev–Trinajstić information content (AvgIpc) is 4.11. The monoisotopic (exact) mass is 1020 g/mol. The van der Waals surface area contributed by atoms with E-state index in [9.17, 15) is 0 Å². The molecule has 0 aromatic heterocycles. The van der Waals surface area contributed by atoms with E-state index in [1.165, 1.54) is 127 Å². The fraction of sp³-hybridized carbons (Fsp3) is 0.0633. The molecule has 1 heteroatoms. The van der Waals surface area contributed by atoms with Crippen LogP contribution in [0.5, 0.6) is 0 Å². The Kier molecular flexibility index (Phi) is 10.3. The predicted octanol–water partition coefficient (Wildman–Crippen LogP) is 20.7. The van der Waals surface area contributed by atoms with Gasteiger partial charge in [0, 0.05) is 22.5 Å². The summed E-state index contributed by atoms with van der Waals surface area (Å²) in [5.41, 5.74) is 28.5. The smallest absolute Gasteiger partial charge is 0.0719 e. The molecule has 80 heavy (non-hydrogen) atoms. The van der Waals surface area contributed by atoms with Crippen LogP contribution in [0.3, 0.4) is 0 Å². The Labute approximate surface area is 468 Å². The highest BCUT2D eigenvalue weighted by molar-refractivity contribution is 5.98. The molecule has 0 atom stereocenters. The lowest BCUT2D eigenvalue weighted by Crippen LogP contribution is -2.34. The first kappa shape index (κ1) is 46.3. The number of anilines is 3. The molecule has 376 valence electrons. The molecule has 0 bridgehead atoms. The van der Waals surface area contributed by atoms with Crippen LogP contribution in [0.15, 0.2) is 285 Å². The van der Waals surface area contributed by atoms with Gasteiger partial charge in [-0.1, -0.05) is 250 Å². The third-order valence-corrected chi connectivity index (χ3v) is 18.2. The molecule has 0 N–H and O–H groups in total. The number of benzene rings is 13. The van der Waals surface area contributed by atoms with Crippen molar-refractivity contribution in [2.45, 2.75) is 31.1 Å². The molecule has 13 aromatic rings. The Hall–Kier alpha value is -9.82. The Morgan fingerprint density at radius 3 is 1.35 bits per heavy atom. The summed E-state index contributed by atoms with van der Waals surface area (Å²) in [7, 11) is 0. The minimum atomic E-state index is -0.494. The average molecular weight is 1020 g/mol. The van der Waals surface area contributed by atoms with Gasteiger partial charge in [-0.25, -0.2) is 0 Å². The molecule has 16 rings (SSSR count). The molecule has 0 saturated carbocycles. The van der Waals surface area contributed by atoms with Crippen LogP contribution < -0.4 is 4.90 Å². The van der Waals surface area contributed by atoms with E-state index in [-0.39, 0.29) is 5.41 Å². The topological polar surface area (TPSA) is 3.24 Å². The van der Waals surface area contributed by atoms with Gasteiger partial charge in [0.2, 0.25) is 0 Å². The summed E-state index contributed by atoms with van der Waals surface area (Å²) in [6.07, 6.45) is 0.891. The fourth-order valence-electron chi connectivity index (χ4n) is 14.4. The lowest BCUT2D eigenvalue weighted by atomic mass is 9.60. The molecule has 0 fully saturated rings. The molecule has 0 aliphatic heterocycles. The minimum absolute atomic E-state index is 0.156. The first-order valence-electron chi connectivity index (χ1n) is 28.2. The summed E-state index contributed by atoms with van der Waals surface area (Å²) in [4.78, 5) is 2.47. The van der Waals surface area contributed by atoms with Crippen molar-refractivity contribution in [3.8, 4) is 66.8 Å². The summed E-state index contributed by atoms with van der Waals surface area (Å²) < 4.78 is 0. The quantitative estimate of drug-likeness (QED) is 0.154. The second-order valence-corrected chi connectivity index (χ2v) is 22.7. The third kappa shape index (κ3) is 6.97. The molecule has 3 aliphatic carbocycles. The van der Waals surface area contributed by atoms with Gasteiger partial charge in [0.15, 0.2) is 0 Å². The summed E-state index contributed by atoms with van der Waals surface area (Å²) in [6.45, 7) is 4.74. The Balaban J connectivity index is 0.830. The molecule has 13 aromatic carbocycles. The molecule has 0 amide bonds. The summed E-state index contributed by atoms with van der Waals surface area (Å²) in [6, 6.07) is 107. The van der Waals surface area contributed by atoms with E-state index in [4.69, 9.17) is 0 Å². The number of fused-ring (bicyclic) bond motifs is 16. The zero-order chi connectivity index (χ0) is 53.1. The molecule has 0 heterocycles. The Bertz CT molecular complexity index is 4500. The maximum absolute atomic E-state index is 2.52. The molecule has 1 spiro atoms. The zero-order valence-corrected chi connectivity index (χ0v) is 44.8. The van der Waals surface area contributed by atoms with Gasteiger partial charge < -0.3 is 4.90 Å². The van der Waals surface area contributed by atoms with Crippen molar-refractivity contribution in [3.63, 3.8) is 0 Å². The molecule has 0 radical (unpaired) electrons. The van der Waals surface area contributed by atoms with Crippen molar-refractivity contribution >= 4 is 38.6 Å². The van der Waals surface area contributed by atoms with Crippen LogP contribution in [0.4, 0.5) is 17.1 Å². The van der Waals surface area contributed by atoms with Gasteiger partial charge in [-0.15, -0.1) is 0 Å². The van der Waals surface area contributed by atoms with Crippen LogP contribution in [0.25, 0.3) is 88.3 Å². The maximum atomic E-state index is 2.52. The van der Waals surface area contributed by atoms with Crippen molar-refractivity contribution in [2.75, 3.05) is 4.90 Å². The summed E-state index contributed by atoms with van der Waals surface area (Å²) in [5, 5.41) is 5.26. The van der Waals surface area contributed by atoms with Gasteiger partial charge in [-0.05, 0) is 188 Å². The number of rotatable bonds is 7. The van der Waals surface area contributed by atoms with Crippen molar-refractivity contribution in [3.05, 3.63) is 330 Å². The van der Waals surface area contributed by atoms with E-state index in [0.717, 1.165) is 29.0 Å². The van der Waals surface area contributed by atoms with Gasteiger partial charge in [-0.2, -0.15) is 0 Å². The first-order chi connectivity index (χ1) is 39.4. The molecule has 3 aliphatic rings. The normalized spacial score (nSPS) is 13.8. The maximum Gasteiger partial charge on any atom is 0.0719 e. The van der Waals surface area contributed by atoms with E-state index < -0.39 is 5.41 Å². The van der Waals surface area contributed by atoms with Crippen molar-refractivity contribution < 1.29 is 0 Å². The standard InChI is InChI=1S/C79H55N/c1-78(2)72-30-15-13-28-66(72)68-41-39-62(49-76(68)78)80(63-46-59(51-18-5-3-6-19-51)44-60(47-63)52-20-7-4-8-21-52)61-25-17-24-57(45-61)53-32-34-54(35-33-53)58-36-40-69-67-29-14-16-31-73(67)79(77(69)48-58)74-42-37-55-22-9-11-26-64(55)70(74)50-71-65-27-12-10-23-56(65)38-43-75(71)79/h3-49H,50H2,1-2H3. The van der Waals surface area contributed by atoms with Crippen LogP contribution in [-0.4, -0.2) is 0 Å². The van der Waals surface area contributed by atoms with Crippen LogP contribution in [0, 0.1) is 0 Å². The lowest BCUT2D eigenvalue weighted by molar-refractivity contribution is 0.660. The Morgan fingerprint density at radius 1 is 0.263 bits per heavy atom. The molecular weight excluding hydrogens is 963 g/mol. The van der Waals surface area contributed by atoms with Gasteiger partial charge in [0.25, 0.3) is 0 Å². The van der Waals surface area contributed by atoms with Crippen LogP contribution in [0.2, 0.25) is 0 Å². The van der Waals surface area contributed by atoms with Crippen molar-refractivity contribution in [1.29, 1.82) is 0 Å². The van der Waals surface area contributed by atoms with E-state index in [1.807, 2.05) is 0 Å². The number of hydrogen-bond acceptors (Lipinski definition) is 1. The van der Waals surface area contributed by atoms with E-state index in [0.29, 0.717) is 0 Å². The van der Waals surface area contributed by atoms with Crippen LogP contribution in [0.1, 0.15) is 58.4 Å². The lowest BCUT2D eigenvalue weighted by Gasteiger charge is -2.41. The second-order valence-electron chi connectivity index (χ2n) is 22.7. The molecule has 0 saturated heterocycles. The van der Waals surface area contributed by atoms with Crippen molar-refractivity contribution in [1.82, 2.24) is 0 Å². The van der Waals surface area contributed by atoms with Crippen LogP contribution in [-0.2, 0) is 17.3 Å². The summed E-state index contributed by atoms with van der Waals surface area (Å²) >= 11 is 0.